The van der Waals surface area contributed by atoms with Crippen molar-refractivity contribution in [1.82, 2.24) is 5.32 Å². The molecular weight excluding hydrogens is 324 g/mol. The molecule has 0 saturated carbocycles. The normalized spacial score (nSPS) is 10.7. The molecule has 0 heterocycles. The fourth-order valence-corrected chi connectivity index (χ4v) is 2.92. The van der Waals surface area contributed by atoms with E-state index in [0.29, 0.717) is 0 Å². The van der Waals surface area contributed by atoms with Gasteiger partial charge in [0.15, 0.2) is 0 Å². The first kappa shape index (κ1) is 16.1. The summed E-state index contributed by atoms with van der Waals surface area (Å²) in [5.41, 5.74) is 5.23. The molecule has 112 valence electrons. The van der Waals surface area contributed by atoms with Crippen LogP contribution >= 0.6 is 15.9 Å². The molecule has 1 N–H and O–H groups in total. The molecule has 0 aliphatic carbocycles. The highest BCUT2D eigenvalue weighted by molar-refractivity contribution is 9.10. The van der Waals surface area contributed by atoms with Crippen LogP contribution in [0.4, 0.5) is 5.69 Å². The Labute approximate surface area is 136 Å². The van der Waals surface area contributed by atoms with Crippen molar-refractivity contribution < 1.29 is 0 Å². The van der Waals surface area contributed by atoms with Crippen LogP contribution in [0.2, 0.25) is 0 Å². The molecule has 0 aliphatic rings. The second kappa shape index (κ2) is 7.62. The zero-order valence-corrected chi connectivity index (χ0v) is 14.6. The Kier molecular flexibility index (Phi) is 5.83. The Morgan fingerprint density at radius 3 is 2.29 bits per heavy atom. The van der Waals surface area contributed by atoms with E-state index in [9.17, 15) is 0 Å². The summed E-state index contributed by atoms with van der Waals surface area (Å²) in [4.78, 5) is 2.28. The van der Waals surface area contributed by atoms with Gasteiger partial charge in [-0.25, -0.2) is 0 Å². The Balaban J connectivity index is 2.09. The number of hydrogen-bond acceptors (Lipinski definition) is 2. The monoisotopic (exact) mass is 346 g/mol. The second-order valence-electron chi connectivity index (χ2n) is 5.33. The quantitative estimate of drug-likeness (QED) is 0.835. The molecule has 21 heavy (non-hydrogen) atoms. The van der Waals surface area contributed by atoms with E-state index >= 15 is 0 Å². The molecule has 0 aromatic heterocycles. The Morgan fingerprint density at radius 1 is 1.05 bits per heavy atom. The lowest BCUT2D eigenvalue weighted by Gasteiger charge is -2.21. The zero-order chi connectivity index (χ0) is 15.2. The highest BCUT2D eigenvalue weighted by Gasteiger charge is 2.06. The molecule has 2 rings (SSSR count). The number of nitrogens with one attached hydrogen (secondary N) is 1. The Morgan fingerprint density at radius 2 is 1.71 bits per heavy atom. The molecule has 0 atom stereocenters. The summed E-state index contributed by atoms with van der Waals surface area (Å²) in [5.74, 6) is 0. The van der Waals surface area contributed by atoms with E-state index < -0.39 is 0 Å². The lowest BCUT2D eigenvalue weighted by atomic mass is 10.1. The standard InChI is InChI=1S/C18H23BrN2/c1-4-14-6-9-17(10-7-14)21(3)13-16-8-5-15(12-20-2)11-18(16)19/h5-11,20H,4,12-13H2,1-3H3. The van der Waals surface area contributed by atoms with Gasteiger partial charge in [-0.2, -0.15) is 0 Å². The van der Waals surface area contributed by atoms with Gasteiger partial charge in [0.25, 0.3) is 0 Å². The van der Waals surface area contributed by atoms with E-state index in [1.54, 1.807) is 0 Å². The number of hydrogen-bond donors (Lipinski definition) is 1. The summed E-state index contributed by atoms with van der Waals surface area (Å²) in [5, 5.41) is 3.18. The van der Waals surface area contributed by atoms with Gasteiger partial charge in [-0.15, -0.1) is 0 Å². The van der Waals surface area contributed by atoms with Gasteiger partial charge < -0.3 is 10.2 Å². The maximum atomic E-state index is 3.69. The molecular formula is C18H23BrN2. The third-order valence-electron chi connectivity index (χ3n) is 3.69. The highest BCUT2D eigenvalue weighted by atomic mass is 79.9. The second-order valence-corrected chi connectivity index (χ2v) is 6.19. The molecule has 3 heteroatoms. The minimum Gasteiger partial charge on any atom is -0.370 e. The van der Waals surface area contributed by atoms with E-state index in [0.717, 1.165) is 19.5 Å². The van der Waals surface area contributed by atoms with Crippen LogP contribution in [-0.2, 0) is 19.5 Å². The summed E-state index contributed by atoms with van der Waals surface area (Å²) in [7, 11) is 4.10. The zero-order valence-electron chi connectivity index (χ0n) is 13.0. The third-order valence-corrected chi connectivity index (χ3v) is 4.43. The fourth-order valence-electron chi connectivity index (χ4n) is 2.37. The first-order valence-corrected chi connectivity index (χ1v) is 8.15. The average molecular weight is 347 g/mol. The first-order valence-electron chi connectivity index (χ1n) is 7.36. The predicted molar refractivity (Wildman–Crippen MR) is 94.8 cm³/mol. The van der Waals surface area contributed by atoms with Crippen LogP contribution in [0.15, 0.2) is 46.9 Å². The topological polar surface area (TPSA) is 15.3 Å². The van der Waals surface area contributed by atoms with Gasteiger partial charge in [-0.1, -0.05) is 47.1 Å². The molecule has 0 fully saturated rings. The molecule has 0 spiro atoms. The molecule has 2 aromatic rings. The van der Waals surface area contributed by atoms with Gasteiger partial charge in [-0.05, 0) is 48.4 Å². The lowest BCUT2D eigenvalue weighted by molar-refractivity contribution is 0.815. The van der Waals surface area contributed by atoms with Crippen molar-refractivity contribution >= 4 is 21.6 Å². The minimum absolute atomic E-state index is 0.895. The van der Waals surface area contributed by atoms with Crippen LogP contribution in [0, 0.1) is 0 Å². The molecule has 0 amide bonds. The van der Waals surface area contributed by atoms with Crippen molar-refractivity contribution in [3.05, 3.63) is 63.6 Å². The van der Waals surface area contributed by atoms with Crippen LogP contribution in [0.25, 0.3) is 0 Å². The molecule has 0 bridgehead atoms. The van der Waals surface area contributed by atoms with Gasteiger partial charge in [0.05, 0.1) is 0 Å². The molecule has 0 saturated heterocycles. The lowest BCUT2D eigenvalue weighted by Crippen LogP contribution is -2.16. The Hall–Kier alpha value is -1.32. The van der Waals surface area contributed by atoms with Crippen LogP contribution in [0.1, 0.15) is 23.6 Å². The smallest absolute Gasteiger partial charge is 0.0437 e. The number of rotatable bonds is 6. The summed E-state index contributed by atoms with van der Waals surface area (Å²) >= 11 is 3.69. The largest absolute Gasteiger partial charge is 0.370 e. The highest BCUT2D eigenvalue weighted by Crippen LogP contribution is 2.23. The van der Waals surface area contributed by atoms with Crippen LogP contribution in [0.5, 0.6) is 0 Å². The van der Waals surface area contributed by atoms with Gasteiger partial charge in [0, 0.05) is 30.3 Å². The van der Waals surface area contributed by atoms with E-state index in [4.69, 9.17) is 0 Å². The van der Waals surface area contributed by atoms with Crippen molar-refractivity contribution in [3.8, 4) is 0 Å². The maximum absolute atomic E-state index is 3.69. The summed E-state index contributed by atoms with van der Waals surface area (Å²) < 4.78 is 1.17. The molecule has 2 aromatic carbocycles. The summed E-state index contributed by atoms with van der Waals surface area (Å²) in [6.45, 7) is 3.97. The number of halogens is 1. The number of benzene rings is 2. The van der Waals surface area contributed by atoms with Crippen molar-refractivity contribution in [2.75, 3.05) is 19.0 Å². The minimum atomic E-state index is 0.895. The van der Waals surface area contributed by atoms with E-state index in [2.05, 4.69) is 82.6 Å². The van der Waals surface area contributed by atoms with Gasteiger partial charge >= 0.3 is 0 Å². The molecule has 0 radical (unpaired) electrons. The SMILES string of the molecule is CCc1ccc(N(C)Cc2ccc(CNC)cc2Br)cc1. The average Bonchev–Trinajstić information content (AvgIpc) is 2.50. The van der Waals surface area contributed by atoms with Crippen LogP contribution in [-0.4, -0.2) is 14.1 Å². The van der Waals surface area contributed by atoms with E-state index in [1.807, 2.05) is 7.05 Å². The number of anilines is 1. The predicted octanol–water partition coefficient (Wildman–Crippen LogP) is 4.37. The van der Waals surface area contributed by atoms with Crippen molar-refractivity contribution in [3.63, 3.8) is 0 Å². The van der Waals surface area contributed by atoms with Crippen molar-refractivity contribution in [1.29, 1.82) is 0 Å². The number of nitrogens with zero attached hydrogens (tertiary/aromatic N) is 1. The van der Waals surface area contributed by atoms with Crippen molar-refractivity contribution in [2.24, 2.45) is 0 Å². The van der Waals surface area contributed by atoms with Crippen LogP contribution < -0.4 is 10.2 Å². The fraction of sp³-hybridized carbons (Fsp3) is 0.333. The maximum Gasteiger partial charge on any atom is 0.0437 e. The molecule has 0 aliphatic heterocycles. The van der Waals surface area contributed by atoms with E-state index in [1.165, 1.54) is 26.9 Å². The Bertz CT molecular complexity index is 578. The van der Waals surface area contributed by atoms with E-state index in [-0.39, 0.29) is 0 Å². The van der Waals surface area contributed by atoms with Gasteiger partial charge in [0.2, 0.25) is 0 Å². The molecule has 0 unspecified atom stereocenters. The molecule has 2 nitrogen and oxygen atoms in total. The first-order chi connectivity index (χ1) is 10.1. The summed E-state index contributed by atoms with van der Waals surface area (Å²) in [6, 6.07) is 15.4. The number of aryl methyl sites for hydroxylation is 1. The summed E-state index contributed by atoms with van der Waals surface area (Å²) in [6.07, 6.45) is 1.09. The van der Waals surface area contributed by atoms with Crippen molar-refractivity contribution in [2.45, 2.75) is 26.4 Å². The third kappa shape index (κ3) is 4.32. The van der Waals surface area contributed by atoms with Gasteiger partial charge in [-0.3, -0.25) is 0 Å². The van der Waals surface area contributed by atoms with Gasteiger partial charge in [0.1, 0.15) is 0 Å². The van der Waals surface area contributed by atoms with Crippen LogP contribution in [0.3, 0.4) is 0 Å².